The zero-order valence-electron chi connectivity index (χ0n) is 21.9. The van der Waals surface area contributed by atoms with Crippen LogP contribution in [0.2, 0.25) is 0 Å². The van der Waals surface area contributed by atoms with Gasteiger partial charge in [-0.1, -0.05) is 41.2 Å². The number of ether oxygens (including phenoxy) is 1. The van der Waals surface area contributed by atoms with Crippen LogP contribution in [-0.4, -0.2) is 21.7 Å². The summed E-state index contributed by atoms with van der Waals surface area (Å²) in [6.07, 6.45) is 1.86. The van der Waals surface area contributed by atoms with Crippen molar-refractivity contribution in [3.05, 3.63) is 119 Å². The second-order valence-electron chi connectivity index (χ2n) is 9.35. The molecule has 0 saturated carbocycles. The van der Waals surface area contributed by atoms with E-state index in [1.54, 1.807) is 30.5 Å². The van der Waals surface area contributed by atoms with Crippen molar-refractivity contribution in [2.45, 2.75) is 40.7 Å². The first-order valence-corrected chi connectivity index (χ1v) is 13.2. The van der Waals surface area contributed by atoms with E-state index in [1.807, 2.05) is 61.7 Å². The van der Waals surface area contributed by atoms with Crippen molar-refractivity contribution >= 4 is 23.4 Å². The highest BCUT2D eigenvalue weighted by molar-refractivity contribution is 7.07. The first kappa shape index (κ1) is 25.6. The molecule has 6 nitrogen and oxygen atoms in total. The van der Waals surface area contributed by atoms with Crippen LogP contribution in [0.4, 0.5) is 4.39 Å². The minimum Gasteiger partial charge on any atom is -0.463 e. The first-order chi connectivity index (χ1) is 18.2. The molecule has 3 heterocycles. The molecule has 1 atom stereocenters. The van der Waals surface area contributed by atoms with E-state index in [-0.39, 0.29) is 18.0 Å². The SMILES string of the molecule is CCOC(=O)C1=C(C)N=c2s/c(=C\c3cc(C)n(-c4ccc(F)cc4)c3C)c(=O)n2[C@H]1c1ccc(C)cc1. The van der Waals surface area contributed by atoms with Gasteiger partial charge in [0.1, 0.15) is 5.82 Å². The van der Waals surface area contributed by atoms with E-state index in [0.29, 0.717) is 20.6 Å². The Bertz CT molecular complexity index is 1760. The number of aryl methyl sites for hydroxylation is 2. The fourth-order valence-electron chi connectivity index (χ4n) is 4.92. The van der Waals surface area contributed by atoms with E-state index in [9.17, 15) is 14.0 Å². The molecule has 0 aliphatic carbocycles. The van der Waals surface area contributed by atoms with Crippen LogP contribution in [-0.2, 0) is 9.53 Å². The minimum absolute atomic E-state index is 0.222. The molecular formula is C30H28FN3O3S. The Balaban J connectivity index is 1.68. The maximum atomic E-state index is 13.9. The molecule has 194 valence electrons. The molecule has 38 heavy (non-hydrogen) atoms. The van der Waals surface area contributed by atoms with Crippen LogP contribution in [0.15, 0.2) is 75.7 Å². The number of rotatable bonds is 5. The van der Waals surface area contributed by atoms with Gasteiger partial charge in [0.25, 0.3) is 5.56 Å². The van der Waals surface area contributed by atoms with Crippen molar-refractivity contribution in [2.75, 3.05) is 6.61 Å². The standard InChI is InChI=1S/C30H28FN3O3S/c1-6-37-29(36)26-19(4)32-30-34(27(26)21-9-7-17(2)8-10-21)28(35)25(38-30)16-22-15-18(3)33(20(22)5)24-13-11-23(31)12-14-24/h7-16,27H,6H2,1-5H3/b25-16-/t27-/m0/s1. The molecule has 4 aromatic rings. The number of halogens is 1. The Morgan fingerprint density at radius 2 is 1.76 bits per heavy atom. The fourth-order valence-corrected chi connectivity index (χ4v) is 5.96. The molecule has 5 rings (SSSR count). The average molecular weight is 530 g/mol. The van der Waals surface area contributed by atoms with Gasteiger partial charge in [-0.3, -0.25) is 9.36 Å². The van der Waals surface area contributed by atoms with Gasteiger partial charge in [0.2, 0.25) is 0 Å². The van der Waals surface area contributed by atoms with Crippen LogP contribution in [0.3, 0.4) is 0 Å². The van der Waals surface area contributed by atoms with Gasteiger partial charge >= 0.3 is 5.97 Å². The number of benzene rings is 2. The second-order valence-corrected chi connectivity index (χ2v) is 10.4. The van der Waals surface area contributed by atoms with Gasteiger partial charge < -0.3 is 9.30 Å². The number of aromatic nitrogens is 2. The summed E-state index contributed by atoms with van der Waals surface area (Å²) in [5.41, 5.74) is 6.19. The zero-order valence-corrected chi connectivity index (χ0v) is 22.7. The number of esters is 1. The third-order valence-corrected chi connectivity index (χ3v) is 7.73. The van der Waals surface area contributed by atoms with E-state index in [4.69, 9.17) is 4.74 Å². The highest BCUT2D eigenvalue weighted by atomic mass is 32.1. The van der Waals surface area contributed by atoms with Crippen LogP contribution in [0.1, 0.15) is 48.0 Å². The molecule has 2 aromatic carbocycles. The molecule has 1 aliphatic heterocycles. The highest BCUT2D eigenvalue weighted by Crippen LogP contribution is 2.31. The fraction of sp³-hybridized carbons (Fsp3) is 0.233. The number of fused-ring (bicyclic) bond motifs is 1. The maximum absolute atomic E-state index is 13.9. The largest absolute Gasteiger partial charge is 0.463 e. The third-order valence-electron chi connectivity index (χ3n) is 6.75. The Morgan fingerprint density at radius 1 is 1.08 bits per heavy atom. The smallest absolute Gasteiger partial charge is 0.338 e. The van der Waals surface area contributed by atoms with Crippen LogP contribution >= 0.6 is 11.3 Å². The lowest BCUT2D eigenvalue weighted by Gasteiger charge is -2.24. The van der Waals surface area contributed by atoms with Crippen molar-refractivity contribution in [2.24, 2.45) is 4.99 Å². The summed E-state index contributed by atoms with van der Waals surface area (Å²) in [5, 5.41) is 0. The molecule has 0 bridgehead atoms. The van der Waals surface area contributed by atoms with Crippen molar-refractivity contribution in [1.82, 2.24) is 9.13 Å². The van der Waals surface area contributed by atoms with Crippen LogP contribution < -0.4 is 14.9 Å². The summed E-state index contributed by atoms with van der Waals surface area (Å²) in [5.74, 6) is -0.769. The number of hydrogen-bond acceptors (Lipinski definition) is 5. The summed E-state index contributed by atoms with van der Waals surface area (Å²) in [7, 11) is 0. The van der Waals surface area contributed by atoms with Crippen LogP contribution in [0, 0.1) is 26.6 Å². The van der Waals surface area contributed by atoms with E-state index in [1.165, 1.54) is 23.5 Å². The maximum Gasteiger partial charge on any atom is 0.338 e. The van der Waals surface area contributed by atoms with Gasteiger partial charge in [0, 0.05) is 17.1 Å². The monoisotopic (exact) mass is 529 g/mol. The number of carbonyl (C=O) groups is 1. The van der Waals surface area contributed by atoms with Crippen molar-refractivity contribution in [3.63, 3.8) is 0 Å². The van der Waals surface area contributed by atoms with Crippen LogP contribution in [0.25, 0.3) is 11.8 Å². The molecule has 0 spiro atoms. The molecule has 0 radical (unpaired) electrons. The lowest BCUT2D eigenvalue weighted by molar-refractivity contribution is -0.139. The van der Waals surface area contributed by atoms with Crippen molar-refractivity contribution < 1.29 is 13.9 Å². The number of hydrogen-bond donors (Lipinski definition) is 0. The number of thiazole rings is 1. The molecule has 2 aromatic heterocycles. The average Bonchev–Trinajstić information content (AvgIpc) is 3.34. The molecule has 0 unspecified atom stereocenters. The van der Waals surface area contributed by atoms with Crippen LogP contribution in [0.5, 0.6) is 0 Å². The Hall–Kier alpha value is -4.04. The van der Waals surface area contributed by atoms with E-state index in [2.05, 4.69) is 4.99 Å². The topological polar surface area (TPSA) is 65.6 Å². The summed E-state index contributed by atoms with van der Waals surface area (Å²) >= 11 is 1.29. The predicted octanol–water partition coefficient (Wildman–Crippen LogP) is 4.65. The molecule has 1 aliphatic rings. The molecule has 0 N–H and O–H groups in total. The quantitative estimate of drug-likeness (QED) is 0.354. The lowest BCUT2D eigenvalue weighted by atomic mass is 9.95. The first-order valence-electron chi connectivity index (χ1n) is 12.4. The third kappa shape index (κ3) is 4.45. The summed E-state index contributed by atoms with van der Waals surface area (Å²) in [4.78, 5) is 32.1. The number of nitrogens with zero attached hydrogens (tertiary/aromatic N) is 3. The number of carbonyl (C=O) groups excluding carboxylic acids is 1. The van der Waals surface area contributed by atoms with Crippen molar-refractivity contribution in [1.29, 1.82) is 0 Å². The Morgan fingerprint density at radius 3 is 2.42 bits per heavy atom. The molecular weight excluding hydrogens is 501 g/mol. The zero-order chi connectivity index (χ0) is 27.1. The van der Waals surface area contributed by atoms with Gasteiger partial charge in [-0.2, -0.15) is 0 Å². The predicted molar refractivity (Wildman–Crippen MR) is 147 cm³/mol. The molecule has 0 amide bonds. The Kier molecular flexibility index (Phi) is 6.75. The van der Waals surface area contributed by atoms with E-state index in [0.717, 1.165) is 33.8 Å². The second kappa shape index (κ2) is 10.0. The Labute approximate surface area is 223 Å². The van der Waals surface area contributed by atoms with Gasteiger partial charge in [-0.05, 0) is 82.2 Å². The summed E-state index contributed by atoms with van der Waals surface area (Å²) in [6, 6.07) is 15.5. The van der Waals surface area contributed by atoms with Gasteiger partial charge in [0.15, 0.2) is 4.80 Å². The molecule has 8 heteroatoms. The number of allylic oxidation sites excluding steroid dienone is 1. The van der Waals surface area contributed by atoms with E-state index < -0.39 is 12.0 Å². The van der Waals surface area contributed by atoms with Gasteiger partial charge in [-0.25, -0.2) is 14.2 Å². The van der Waals surface area contributed by atoms with Crippen molar-refractivity contribution in [3.8, 4) is 5.69 Å². The van der Waals surface area contributed by atoms with Gasteiger partial charge in [-0.15, -0.1) is 0 Å². The summed E-state index contributed by atoms with van der Waals surface area (Å²) < 4.78 is 23.0. The molecule has 0 saturated heterocycles. The minimum atomic E-state index is -0.639. The van der Waals surface area contributed by atoms with E-state index >= 15 is 0 Å². The highest BCUT2D eigenvalue weighted by Gasteiger charge is 2.33. The van der Waals surface area contributed by atoms with Gasteiger partial charge in [0.05, 0.1) is 28.5 Å². The lowest BCUT2D eigenvalue weighted by Crippen LogP contribution is -2.39. The summed E-state index contributed by atoms with van der Waals surface area (Å²) in [6.45, 7) is 9.70. The molecule has 0 fully saturated rings. The normalized spacial score (nSPS) is 15.4.